The van der Waals surface area contributed by atoms with Crippen molar-refractivity contribution in [3.63, 3.8) is 0 Å². The zero-order valence-corrected chi connectivity index (χ0v) is 18.2. The van der Waals surface area contributed by atoms with Crippen LogP contribution in [-0.4, -0.2) is 86.2 Å². The third-order valence-electron chi connectivity index (χ3n) is 5.35. The predicted molar refractivity (Wildman–Crippen MR) is 113 cm³/mol. The fourth-order valence-electron chi connectivity index (χ4n) is 3.71. The Morgan fingerprint density at radius 3 is 2.35 bits per heavy atom. The SMILES string of the molecule is CCOc1ccc(C(=O)NCC(=O)N2CCN(C(=O)C3CCCO3)CC2)cc1OCC. The molecule has 0 aromatic heterocycles. The molecule has 0 radical (unpaired) electrons. The second kappa shape index (κ2) is 11.0. The van der Waals surface area contributed by atoms with E-state index in [1.807, 2.05) is 13.8 Å². The number of carbonyl (C=O) groups is 3. The highest BCUT2D eigenvalue weighted by molar-refractivity contribution is 5.97. The van der Waals surface area contributed by atoms with E-state index >= 15 is 0 Å². The molecule has 2 aliphatic rings. The summed E-state index contributed by atoms with van der Waals surface area (Å²) in [6.45, 7) is 7.07. The monoisotopic (exact) mass is 433 g/mol. The van der Waals surface area contributed by atoms with Gasteiger partial charge in [0.15, 0.2) is 11.5 Å². The van der Waals surface area contributed by atoms with E-state index in [9.17, 15) is 14.4 Å². The van der Waals surface area contributed by atoms with Crippen LogP contribution in [0.15, 0.2) is 18.2 Å². The van der Waals surface area contributed by atoms with Crippen molar-refractivity contribution in [2.45, 2.75) is 32.8 Å². The lowest BCUT2D eigenvalue weighted by atomic mass is 10.2. The first-order chi connectivity index (χ1) is 15.0. The summed E-state index contributed by atoms with van der Waals surface area (Å²) in [5, 5.41) is 2.67. The van der Waals surface area contributed by atoms with Crippen LogP contribution in [0.4, 0.5) is 0 Å². The Morgan fingerprint density at radius 2 is 1.71 bits per heavy atom. The van der Waals surface area contributed by atoms with Crippen molar-refractivity contribution < 1.29 is 28.6 Å². The number of piperazine rings is 1. The fourth-order valence-corrected chi connectivity index (χ4v) is 3.71. The highest BCUT2D eigenvalue weighted by Gasteiger charge is 2.31. The van der Waals surface area contributed by atoms with Gasteiger partial charge >= 0.3 is 0 Å². The molecule has 9 heteroatoms. The van der Waals surface area contributed by atoms with Crippen molar-refractivity contribution >= 4 is 17.7 Å². The molecule has 1 N–H and O–H groups in total. The Bertz CT molecular complexity index is 785. The molecule has 1 atom stereocenters. The molecule has 0 spiro atoms. The van der Waals surface area contributed by atoms with Crippen LogP contribution in [0.25, 0.3) is 0 Å². The molecule has 3 amide bonds. The molecule has 2 heterocycles. The molecular weight excluding hydrogens is 402 g/mol. The van der Waals surface area contributed by atoms with Gasteiger partial charge in [-0.1, -0.05) is 0 Å². The highest BCUT2D eigenvalue weighted by atomic mass is 16.5. The maximum absolute atomic E-state index is 12.5. The predicted octanol–water partition coefficient (Wildman–Crippen LogP) is 1.06. The van der Waals surface area contributed by atoms with Crippen LogP contribution >= 0.6 is 0 Å². The number of amides is 3. The average Bonchev–Trinajstić information content (AvgIpc) is 3.33. The molecule has 170 valence electrons. The summed E-state index contributed by atoms with van der Waals surface area (Å²) in [7, 11) is 0. The van der Waals surface area contributed by atoms with Crippen molar-refractivity contribution in [2.24, 2.45) is 0 Å². The van der Waals surface area contributed by atoms with Gasteiger partial charge in [0.1, 0.15) is 6.10 Å². The largest absolute Gasteiger partial charge is 0.490 e. The Kier molecular flexibility index (Phi) is 8.11. The zero-order chi connectivity index (χ0) is 22.2. The molecule has 0 saturated carbocycles. The number of carbonyl (C=O) groups excluding carboxylic acids is 3. The summed E-state index contributed by atoms with van der Waals surface area (Å²) in [4.78, 5) is 40.9. The lowest BCUT2D eigenvalue weighted by molar-refractivity contribution is -0.145. The van der Waals surface area contributed by atoms with Crippen molar-refractivity contribution in [3.8, 4) is 11.5 Å². The molecule has 2 aliphatic heterocycles. The second-order valence-corrected chi connectivity index (χ2v) is 7.42. The Morgan fingerprint density at radius 1 is 1.03 bits per heavy atom. The lowest BCUT2D eigenvalue weighted by Crippen LogP contribution is -2.54. The molecule has 31 heavy (non-hydrogen) atoms. The van der Waals surface area contributed by atoms with Gasteiger partial charge in [-0.25, -0.2) is 0 Å². The molecule has 0 bridgehead atoms. The number of rotatable bonds is 8. The first-order valence-electron chi connectivity index (χ1n) is 10.9. The Balaban J connectivity index is 1.47. The number of benzene rings is 1. The Hall–Kier alpha value is -2.81. The molecule has 3 rings (SSSR count). The van der Waals surface area contributed by atoms with E-state index in [0.29, 0.717) is 63.1 Å². The van der Waals surface area contributed by atoms with E-state index in [4.69, 9.17) is 14.2 Å². The van der Waals surface area contributed by atoms with E-state index in [0.717, 1.165) is 12.8 Å². The van der Waals surface area contributed by atoms with Gasteiger partial charge in [0, 0.05) is 38.3 Å². The van der Waals surface area contributed by atoms with E-state index in [1.54, 1.807) is 28.0 Å². The van der Waals surface area contributed by atoms with Crippen LogP contribution in [0.2, 0.25) is 0 Å². The summed E-state index contributed by atoms with van der Waals surface area (Å²) < 4.78 is 16.5. The van der Waals surface area contributed by atoms with Gasteiger partial charge < -0.3 is 29.3 Å². The summed E-state index contributed by atoms with van der Waals surface area (Å²) in [5.74, 6) is 0.555. The number of nitrogens with one attached hydrogen (secondary N) is 1. The maximum Gasteiger partial charge on any atom is 0.251 e. The number of hydrogen-bond donors (Lipinski definition) is 1. The normalized spacial score (nSPS) is 18.6. The van der Waals surface area contributed by atoms with E-state index in [2.05, 4.69) is 5.32 Å². The fraction of sp³-hybridized carbons (Fsp3) is 0.591. The molecule has 1 aromatic rings. The molecule has 2 fully saturated rings. The Labute approximate surface area is 182 Å². The van der Waals surface area contributed by atoms with Gasteiger partial charge in [-0.3, -0.25) is 14.4 Å². The number of nitrogens with zero attached hydrogens (tertiary/aromatic N) is 2. The minimum Gasteiger partial charge on any atom is -0.490 e. The van der Waals surface area contributed by atoms with Crippen LogP contribution in [0.1, 0.15) is 37.0 Å². The average molecular weight is 434 g/mol. The molecule has 9 nitrogen and oxygen atoms in total. The van der Waals surface area contributed by atoms with Gasteiger partial charge in [0.25, 0.3) is 11.8 Å². The number of ether oxygens (including phenoxy) is 3. The van der Waals surface area contributed by atoms with E-state index < -0.39 is 0 Å². The van der Waals surface area contributed by atoms with Crippen LogP contribution in [-0.2, 0) is 14.3 Å². The topological polar surface area (TPSA) is 97.4 Å². The minimum absolute atomic E-state index is 0.0125. The summed E-state index contributed by atoms with van der Waals surface area (Å²) in [6, 6.07) is 4.95. The lowest BCUT2D eigenvalue weighted by Gasteiger charge is -2.35. The first kappa shape index (κ1) is 22.9. The van der Waals surface area contributed by atoms with E-state index in [1.165, 1.54) is 0 Å². The van der Waals surface area contributed by atoms with Gasteiger partial charge in [0.2, 0.25) is 5.91 Å². The van der Waals surface area contributed by atoms with Crippen LogP contribution < -0.4 is 14.8 Å². The van der Waals surface area contributed by atoms with Gasteiger partial charge in [-0.05, 0) is 44.9 Å². The van der Waals surface area contributed by atoms with Crippen molar-refractivity contribution in [1.82, 2.24) is 15.1 Å². The van der Waals surface area contributed by atoms with Crippen molar-refractivity contribution in [1.29, 1.82) is 0 Å². The minimum atomic E-state index is -0.357. The van der Waals surface area contributed by atoms with E-state index in [-0.39, 0.29) is 30.4 Å². The van der Waals surface area contributed by atoms with Gasteiger partial charge in [-0.15, -0.1) is 0 Å². The van der Waals surface area contributed by atoms with Crippen LogP contribution in [0.5, 0.6) is 11.5 Å². The molecule has 2 saturated heterocycles. The standard InChI is InChI=1S/C22H31N3O6/c1-3-29-17-8-7-16(14-19(17)30-4-2)21(27)23-15-20(26)24-9-11-25(12-10-24)22(28)18-6-5-13-31-18/h7-8,14,18H,3-6,9-13,15H2,1-2H3,(H,23,27). The molecule has 1 aromatic carbocycles. The summed E-state index contributed by atoms with van der Waals surface area (Å²) >= 11 is 0. The highest BCUT2D eigenvalue weighted by Crippen LogP contribution is 2.28. The maximum atomic E-state index is 12.5. The zero-order valence-electron chi connectivity index (χ0n) is 18.2. The van der Waals surface area contributed by atoms with Gasteiger partial charge in [-0.2, -0.15) is 0 Å². The second-order valence-electron chi connectivity index (χ2n) is 7.42. The van der Waals surface area contributed by atoms with Gasteiger partial charge in [0.05, 0.1) is 19.8 Å². The van der Waals surface area contributed by atoms with Crippen molar-refractivity contribution in [2.75, 3.05) is 52.5 Å². The smallest absolute Gasteiger partial charge is 0.251 e. The first-order valence-corrected chi connectivity index (χ1v) is 10.9. The number of hydrogen-bond acceptors (Lipinski definition) is 6. The molecular formula is C22H31N3O6. The van der Waals surface area contributed by atoms with Crippen LogP contribution in [0.3, 0.4) is 0 Å². The summed E-state index contributed by atoms with van der Waals surface area (Å²) in [5.41, 5.74) is 0.395. The third kappa shape index (κ3) is 5.88. The van der Waals surface area contributed by atoms with Crippen molar-refractivity contribution in [3.05, 3.63) is 23.8 Å². The summed E-state index contributed by atoms with van der Waals surface area (Å²) in [6.07, 6.45) is 1.34. The third-order valence-corrected chi connectivity index (χ3v) is 5.35. The molecule has 1 unspecified atom stereocenters. The van der Waals surface area contributed by atoms with Crippen LogP contribution in [0, 0.1) is 0 Å². The quantitative estimate of drug-likeness (QED) is 0.659. The molecule has 0 aliphatic carbocycles.